The van der Waals surface area contributed by atoms with Crippen molar-refractivity contribution in [3.8, 4) is 0 Å². The van der Waals surface area contributed by atoms with Gasteiger partial charge in [0.1, 0.15) is 0 Å². The molecule has 1 aromatic carbocycles. The molecule has 116 valence electrons. The fourth-order valence-corrected chi connectivity index (χ4v) is 4.51. The lowest BCUT2D eigenvalue weighted by Gasteiger charge is -2.19. The lowest BCUT2D eigenvalue weighted by Crippen LogP contribution is -2.37. The molecule has 1 fully saturated rings. The minimum atomic E-state index is -3.67. The van der Waals surface area contributed by atoms with Crippen molar-refractivity contribution >= 4 is 33.2 Å². The molecule has 8 heteroatoms. The first-order valence-corrected chi connectivity index (χ1v) is 8.36. The minimum absolute atomic E-state index is 0.121. The number of nitrogen functional groups attached to an aromatic ring is 1. The Morgan fingerprint density at radius 3 is 2.76 bits per heavy atom. The van der Waals surface area contributed by atoms with Crippen molar-refractivity contribution in [2.45, 2.75) is 31.2 Å². The predicted octanol–water partition coefficient (Wildman–Crippen LogP) is 1.13. The van der Waals surface area contributed by atoms with Crippen LogP contribution in [0, 0.1) is 6.92 Å². The summed E-state index contributed by atoms with van der Waals surface area (Å²) >= 11 is 5.91. The molecule has 1 amide bonds. The smallest absolute Gasteiger partial charge is 0.243 e. The molecule has 6 nitrogen and oxygen atoms in total. The van der Waals surface area contributed by atoms with Gasteiger partial charge < -0.3 is 11.1 Å². The number of benzene rings is 1. The molecule has 1 aromatic rings. The van der Waals surface area contributed by atoms with Crippen molar-refractivity contribution in [1.82, 2.24) is 9.62 Å². The van der Waals surface area contributed by atoms with Gasteiger partial charge in [-0.25, -0.2) is 8.42 Å². The molecule has 0 radical (unpaired) electrons. The first-order valence-electron chi connectivity index (χ1n) is 6.54. The molecule has 3 N–H and O–H groups in total. The second-order valence-electron chi connectivity index (χ2n) is 5.17. The molecule has 1 aliphatic rings. The molecule has 1 aliphatic heterocycles. The Kier molecular flexibility index (Phi) is 4.46. The van der Waals surface area contributed by atoms with Crippen LogP contribution in [0.3, 0.4) is 0 Å². The number of hydrogen-bond donors (Lipinski definition) is 2. The number of rotatable bonds is 3. The fraction of sp³-hybridized carbons (Fsp3) is 0.462. The maximum absolute atomic E-state index is 12.7. The number of anilines is 1. The van der Waals surface area contributed by atoms with E-state index in [4.69, 9.17) is 17.3 Å². The minimum Gasteiger partial charge on any atom is -0.398 e. The highest BCUT2D eigenvalue weighted by atomic mass is 35.5. The number of nitrogens with two attached hydrogens (primary N) is 1. The molecule has 0 saturated carbocycles. The molecule has 2 rings (SSSR count). The average Bonchev–Trinajstić information content (AvgIpc) is 2.81. The summed E-state index contributed by atoms with van der Waals surface area (Å²) in [5, 5.41) is 3.02. The number of hydrogen-bond acceptors (Lipinski definition) is 4. The van der Waals surface area contributed by atoms with E-state index in [2.05, 4.69) is 5.32 Å². The summed E-state index contributed by atoms with van der Waals surface area (Å²) < 4.78 is 26.7. The zero-order valence-electron chi connectivity index (χ0n) is 11.9. The molecule has 0 aromatic heterocycles. The summed E-state index contributed by atoms with van der Waals surface area (Å²) in [6.45, 7) is 3.69. The Bertz CT molecular complexity index is 675. The molecule has 1 saturated heterocycles. The third-order valence-electron chi connectivity index (χ3n) is 3.54. The molecular weight excluding hydrogens is 314 g/mol. The van der Waals surface area contributed by atoms with Crippen molar-refractivity contribution in [3.05, 3.63) is 22.7 Å². The molecule has 21 heavy (non-hydrogen) atoms. The third kappa shape index (κ3) is 3.30. The summed E-state index contributed by atoms with van der Waals surface area (Å²) in [6.07, 6.45) is 0.591. The van der Waals surface area contributed by atoms with Crippen LogP contribution in [0.4, 0.5) is 5.69 Å². The van der Waals surface area contributed by atoms with Gasteiger partial charge in [-0.15, -0.1) is 0 Å². The Balaban J connectivity index is 2.30. The zero-order valence-corrected chi connectivity index (χ0v) is 13.5. The molecule has 0 bridgehead atoms. The van der Waals surface area contributed by atoms with E-state index in [1.807, 2.05) is 0 Å². The van der Waals surface area contributed by atoms with Crippen LogP contribution in [0.1, 0.15) is 18.9 Å². The standard InChI is InChI=1S/C13H18ClN3O3S/c1-8-12(15)5-10(14)6-13(8)21(19,20)17-4-3-11(7-17)16-9(2)18/h5-6,11H,3-4,7,15H2,1-2H3,(H,16,18). The van der Waals surface area contributed by atoms with E-state index in [-0.39, 0.29) is 28.4 Å². The lowest BCUT2D eigenvalue weighted by molar-refractivity contribution is -0.119. The van der Waals surface area contributed by atoms with Crippen molar-refractivity contribution in [2.75, 3.05) is 18.8 Å². The first kappa shape index (κ1) is 16.1. The maximum Gasteiger partial charge on any atom is 0.243 e. The molecular formula is C13H18ClN3O3S. The highest BCUT2D eigenvalue weighted by Crippen LogP contribution is 2.29. The van der Waals surface area contributed by atoms with Crippen LogP contribution in [0.5, 0.6) is 0 Å². The van der Waals surface area contributed by atoms with Crippen LogP contribution in [0.15, 0.2) is 17.0 Å². The van der Waals surface area contributed by atoms with E-state index in [1.54, 1.807) is 6.92 Å². The number of carbonyl (C=O) groups excluding carboxylic acids is 1. The second kappa shape index (κ2) is 5.82. The number of nitrogens with zero attached hydrogens (tertiary/aromatic N) is 1. The van der Waals surface area contributed by atoms with Gasteiger partial charge in [0.05, 0.1) is 4.90 Å². The summed E-state index contributed by atoms with van der Waals surface area (Å²) in [7, 11) is -3.67. The van der Waals surface area contributed by atoms with E-state index < -0.39 is 10.0 Å². The Morgan fingerprint density at radius 1 is 1.48 bits per heavy atom. The molecule has 0 spiro atoms. The molecule has 1 heterocycles. The van der Waals surface area contributed by atoms with Crippen molar-refractivity contribution in [2.24, 2.45) is 0 Å². The molecule has 1 unspecified atom stereocenters. The van der Waals surface area contributed by atoms with E-state index in [0.717, 1.165) is 0 Å². The topological polar surface area (TPSA) is 92.5 Å². The summed E-state index contributed by atoms with van der Waals surface area (Å²) in [6, 6.07) is 2.78. The van der Waals surface area contributed by atoms with Gasteiger partial charge in [0.15, 0.2) is 0 Å². The van der Waals surface area contributed by atoms with Crippen LogP contribution >= 0.6 is 11.6 Å². The normalized spacial score (nSPS) is 19.7. The third-order valence-corrected chi connectivity index (χ3v) is 5.75. The second-order valence-corrected chi connectivity index (χ2v) is 7.51. The van der Waals surface area contributed by atoms with Crippen molar-refractivity contribution in [3.63, 3.8) is 0 Å². The Morgan fingerprint density at radius 2 is 2.14 bits per heavy atom. The van der Waals surface area contributed by atoms with E-state index in [9.17, 15) is 13.2 Å². The Labute approximate surface area is 129 Å². The van der Waals surface area contributed by atoms with Crippen molar-refractivity contribution in [1.29, 1.82) is 0 Å². The van der Waals surface area contributed by atoms with Gasteiger partial charge in [-0.05, 0) is 31.0 Å². The monoisotopic (exact) mass is 331 g/mol. The van der Waals surface area contributed by atoms with E-state index in [0.29, 0.717) is 24.2 Å². The van der Waals surface area contributed by atoms with Gasteiger partial charge in [0.25, 0.3) is 0 Å². The highest BCUT2D eigenvalue weighted by Gasteiger charge is 2.34. The van der Waals surface area contributed by atoms with Crippen LogP contribution in [0.2, 0.25) is 5.02 Å². The molecule has 0 aliphatic carbocycles. The summed E-state index contributed by atoms with van der Waals surface area (Å²) in [4.78, 5) is 11.2. The van der Waals surface area contributed by atoms with Crippen LogP contribution < -0.4 is 11.1 Å². The Hall–Kier alpha value is -1.31. The van der Waals surface area contributed by atoms with Crippen LogP contribution in [-0.2, 0) is 14.8 Å². The predicted molar refractivity (Wildman–Crippen MR) is 81.6 cm³/mol. The molecule has 1 atom stereocenters. The largest absolute Gasteiger partial charge is 0.398 e. The summed E-state index contributed by atoms with van der Waals surface area (Å²) in [5.74, 6) is -0.164. The summed E-state index contributed by atoms with van der Waals surface area (Å²) in [5.41, 5.74) is 6.62. The van der Waals surface area contributed by atoms with Gasteiger partial charge in [-0.3, -0.25) is 4.79 Å². The first-order chi connectivity index (χ1) is 9.71. The SMILES string of the molecule is CC(=O)NC1CCN(S(=O)(=O)c2cc(Cl)cc(N)c2C)C1. The number of halogens is 1. The van der Waals surface area contributed by atoms with Crippen LogP contribution in [-0.4, -0.2) is 37.8 Å². The van der Waals surface area contributed by atoms with E-state index in [1.165, 1.54) is 23.4 Å². The van der Waals surface area contributed by atoms with Gasteiger partial charge in [-0.2, -0.15) is 4.31 Å². The van der Waals surface area contributed by atoms with Gasteiger partial charge in [-0.1, -0.05) is 11.6 Å². The zero-order chi connectivity index (χ0) is 15.8. The van der Waals surface area contributed by atoms with Gasteiger partial charge in [0.2, 0.25) is 15.9 Å². The quantitative estimate of drug-likeness (QED) is 0.812. The fourth-order valence-electron chi connectivity index (χ4n) is 2.43. The lowest BCUT2D eigenvalue weighted by atomic mass is 10.2. The van der Waals surface area contributed by atoms with Gasteiger partial charge >= 0.3 is 0 Å². The van der Waals surface area contributed by atoms with Crippen molar-refractivity contribution < 1.29 is 13.2 Å². The highest BCUT2D eigenvalue weighted by molar-refractivity contribution is 7.89. The van der Waals surface area contributed by atoms with E-state index >= 15 is 0 Å². The number of amides is 1. The maximum atomic E-state index is 12.7. The number of sulfonamides is 1. The number of carbonyl (C=O) groups is 1. The van der Waals surface area contributed by atoms with Gasteiger partial charge in [0, 0.05) is 36.8 Å². The average molecular weight is 332 g/mol. The number of nitrogens with one attached hydrogen (secondary N) is 1. The van der Waals surface area contributed by atoms with Crippen LogP contribution in [0.25, 0.3) is 0 Å².